The number of pyridine rings is 1. The van der Waals surface area contributed by atoms with Crippen molar-refractivity contribution in [3.8, 4) is 23.0 Å². The summed E-state index contributed by atoms with van der Waals surface area (Å²) in [4.78, 5) is 27.9. The summed E-state index contributed by atoms with van der Waals surface area (Å²) in [5.41, 5.74) is 9.03. The number of piperidine rings is 1. The van der Waals surface area contributed by atoms with Crippen molar-refractivity contribution >= 4 is 44.0 Å². The number of anilines is 3. The molecule has 4 aromatic carbocycles. The number of aromatic amines is 1. The van der Waals surface area contributed by atoms with Gasteiger partial charge in [0.05, 0.1) is 53.3 Å². The van der Waals surface area contributed by atoms with Gasteiger partial charge in [-0.15, -0.1) is 0 Å². The molecular weight excluding hydrogens is 986 g/mol. The largest absolute Gasteiger partial charge is 0.493 e. The number of nitrogens with zero attached hydrogens (tertiary/aromatic N) is 4. The number of piperazine rings is 1. The Kier molecular flexibility index (Phi) is 14.7. The molecule has 10 rings (SSSR count). The van der Waals surface area contributed by atoms with Crippen LogP contribution < -0.4 is 34.9 Å². The fourth-order valence-corrected chi connectivity index (χ4v) is 12.5. The third-order valence-electron chi connectivity index (χ3n) is 15.8. The van der Waals surface area contributed by atoms with E-state index in [1.807, 2.05) is 15.7 Å². The lowest BCUT2D eigenvalue weighted by molar-refractivity contribution is -0.0628. The van der Waals surface area contributed by atoms with Crippen LogP contribution in [0.4, 0.5) is 30.2 Å². The van der Waals surface area contributed by atoms with Crippen LogP contribution in [0.1, 0.15) is 91.4 Å². The van der Waals surface area contributed by atoms with Crippen molar-refractivity contribution < 1.29 is 45.3 Å². The highest BCUT2D eigenvalue weighted by molar-refractivity contribution is 7.90. The average Bonchev–Trinajstić information content (AvgIpc) is 3.77. The van der Waals surface area contributed by atoms with E-state index in [2.05, 4.69) is 75.3 Å². The number of benzene rings is 4. The van der Waals surface area contributed by atoms with Crippen LogP contribution in [0.2, 0.25) is 0 Å². The van der Waals surface area contributed by atoms with Gasteiger partial charge in [0, 0.05) is 96.2 Å². The fourth-order valence-electron chi connectivity index (χ4n) is 11.5. The molecule has 6 aromatic rings. The molecule has 1 spiro atoms. The zero-order valence-corrected chi connectivity index (χ0v) is 43.6. The summed E-state index contributed by atoms with van der Waals surface area (Å²) >= 11 is 0. The van der Waals surface area contributed by atoms with Gasteiger partial charge in [-0.2, -0.15) is 0 Å². The summed E-state index contributed by atoms with van der Waals surface area (Å²) in [5, 5.41) is 3.09. The quantitative estimate of drug-likeness (QED) is 0.0675. The van der Waals surface area contributed by atoms with Gasteiger partial charge in [0.1, 0.15) is 34.4 Å². The molecule has 0 bridgehead atoms. The Morgan fingerprint density at radius 1 is 0.907 bits per heavy atom. The molecule has 1 amide bonds. The lowest BCUT2D eigenvalue weighted by Crippen LogP contribution is -2.60. The smallest absolute Gasteiger partial charge is 0.268 e. The van der Waals surface area contributed by atoms with Gasteiger partial charge >= 0.3 is 0 Å². The minimum atomic E-state index is -4.59. The number of carbonyl (C=O) groups is 1. The number of sulfonamides is 1. The Bertz CT molecular complexity index is 3170. The molecule has 1 saturated carbocycles. The number of hydrogen-bond acceptors (Lipinski definition) is 13. The van der Waals surface area contributed by atoms with Gasteiger partial charge in [-0.25, -0.2) is 31.3 Å². The van der Waals surface area contributed by atoms with Crippen molar-refractivity contribution in [2.75, 3.05) is 82.7 Å². The highest BCUT2D eigenvalue weighted by atomic mass is 32.2. The molecule has 3 saturated heterocycles. The number of hydrogen-bond donors (Lipinski definition) is 4. The molecule has 4 aliphatic rings. The van der Waals surface area contributed by atoms with E-state index in [0.717, 1.165) is 75.8 Å². The number of carbonyl (C=O) groups excluding carboxylic acids is 1. The molecule has 3 aliphatic heterocycles. The van der Waals surface area contributed by atoms with Crippen molar-refractivity contribution in [1.82, 2.24) is 24.5 Å². The Morgan fingerprint density at radius 3 is 2.40 bits per heavy atom. The molecule has 15 nitrogen and oxygen atoms in total. The van der Waals surface area contributed by atoms with Gasteiger partial charge in [-0.05, 0) is 96.2 Å². The number of nitrogens with one attached hydrogen (secondary N) is 3. The Hall–Kier alpha value is -6.54. The first-order valence-electron chi connectivity index (χ1n) is 25.7. The number of H-pyrrole nitrogens is 1. The maximum absolute atomic E-state index is 16.6. The number of methoxy groups -OCH3 is 2. The Morgan fingerprint density at radius 2 is 1.67 bits per heavy atom. The number of fused-ring (bicyclic) bond motifs is 1. The zero-order chi connectivity index (χ0) is 52.6. The Labute approximate surface area is 435 Å². The number of nitrogen functional groups attached to an aromatic ring is 1. The predicted molar refractivity (Wildman–Crippen MR) is 282 cm³/mol. The second-order valence-corrected chi connectivity index (χ2v) is 22.6. The molecular formula is C56H65F3N8O7S. The number of halogens is 3. The van der Waals surface area contributed by atoms with E-state index in [0.29, 0.717) is 55.4 Å². The van der Waals surface area contributed by atoms with Crippen molar-refractivity contribution in [2.45, 2.75) is 87.5 Å². The van der Waals surface area contributed by atoms with Crippen LogP contribution in [0.25, 0.3) is 11.0 Å². The predicted octanol–water partition coefficient (Wildman–Crippen LogP) is 9.71. The van der Waals surface area contributed by atoms with Crippen LogP contribution in [-0.2, 0) is 21.3 Å². The summed E-state index contributed by atoms with van der Waals surface area (Å²) in [6.45, 7) is 9.61. The van der Waals surface area contributed by atoms with Gasteiger partial charge in [-0.3, -0.25) is 14.6 Å². The highest BCUT2D eigenvalue weighted by Crippen LogP contribution is 2.54. The number of ether oxygens (including phenoxy) is 4. The fraction of sp³-hybridized carbons (Fsp3) is 0.429. The first-order valence-corrected chi connectivity index (χ1v) is 27.2. The van der Waals surface area contributed by atoms with E-state index in [9.17, 15) is 17.6 Å². The first-order chi connectivity index (χ1) is 36.0. The zero-order valence-electron chi connectivity index (χ0n) is 42.8. The minimum Gasteiger partial charge on any atom is -0.493 e. The van der Waals surface area contributed by atoms with E-state index in [1.165, 1.54) is 41.6 Å². The van der Waals surface area contributed by atoms with Gasteiger partial charge in [0.15, 0.2) is 11.5 Å². The second-order valence-electron chi connectivity index (χ2n) is 20.9. The Balaban J connectivity index is 0.848. The second kappa shape index (κ2) is 21.2. The van der Waals surface area contributed by atoms with E-state index in [-0.39, 0.29) is 69.6 Å². The summed E-state index contributed by atoms with van der Waals surface area (Å²) in [5.74, 6) is -0.841. The molecule has 2 aromatic heterocycles. The van der Waals surface area contributed by atoms with Crippen LogP contribution >= 0.6 is 0 Å². The number of aromatic nitrogens is 2. The monoisotopic (exact) mass is 1050 g/mol. The molecule has 1 aliphatic carbocycles. The number of nitrogens with two attached hydrogens (primary N) is 1. The van der Waals surface area contributed by atoms with Crippen LogP contribution in [-0.4, -0.2) is 113 Å². The topological polar surface area (TPSA) is 177 Å². The molecule has 0 unspecified atom stereocenters. The van der Waals surface area contributed by atoms with Crippen LogP contribution in [0.3, 0.4) is 0 Å². The van der Waals surface area contributed by atoms with E-state index < -0.39 is 38.8 Å². The molecule has 398 valence electrons. The summed E-state index contributed by atoms with van der Waals surface area (Å²) in [6.07, 6.45) is 6.57. The van der Waals surface area contributed by atoms with E-state index in [4.69, 9.17) is 24.7 Å². The molecule has 5 N–H and O–H groups in total. The highest BCUT2D eigenvalue weighted by Gasteiger charge is 2.50. The van der Waals surface area contributed by atoms with Crippen molar-refractivity contribution in [3.05, 3.63) is 125 Å². The van der Waals surface area contributed by atoms with Crippen molar-refractivity contribution in [3.63, 3.8) is 0 Å². The van der Waals surface area contributed by atoms with E-state index in [1.54, 1.807) is 14.2 Å². The number of rotatable bonds is 16. The summed E-state index contributed by atoms with van der Waals surface area (Å²) < 4.78 is 98.7. The van der Waals surface area contributed by atoms with Crippen LogP contribution in [0, 0.1) is 17.0 Å². The normalized spacial score (nSPS) is 19.3. The van der Waals surface area contributed by atoms with Gasteiger partial charge in [0.25, 0.3) is 15.9 Å². The lowest BCUT2D eigenvalue weighted by atomic mass is 9.59. The average molecular weight is 1050 g/mol. The third kappa shape index (κ3) is 11.0. The first kappa shape index (κ1) is 51.9. The maximum atomic E-state index is 16.6. The molecule has 4 fully saturated rings. The third-order valence-corrected chi connectivity index (χ3v) is 17.2. The van der Waals surface area contributed by atoms with Crippen molar-refractivity contribution in [2.24, 2.45) is 5.41 Å². The summed E-state index contributed by atoms with van der Waals surface area (Å²) in [7, 11) is -1.29. The molecule has 75 heavy (non-hydrogen) atoms. The van der Waals surface area contributed by atoms with Gasteiger partial charge in [-0.1, -0.05) is 44.2 Å². The molecule has 19 heteroatoms. The van der Waals surface area contributed by atoms with Gasteiger partial charge < -0.3 is 39.9 Å². The van der Waals surface area contributed by atoms with Crippen LogP contribution in [0.15, 0.2) is 96.2 Å². The minimum absolute atomic E-state index is 0.0130. The number of alkyl halides is 1. The van der Waals surface area contributed by atoms with Crippen molar-refractivity contribution in [1.29, 1.82) is 0 Å². The molecule has 0 radical (unpaired) electrons. The lowest BCUT2D eigenvalue weighted by Gasteiger charge is -2.58. The van der Waals surface area contributed by atoms with E-state index >= 15 is 8.78 Å². The molecule has 1 atom stereocenters. The molecule has 5 heterocycles. The SMILES string of the molecule is COc1ccc(CN2CCN(C3CC4(CCN(c5cc(Oc6cnc7[nH]cc(F)c7c6)c(C(=O)NS(=O)(=O)c6ccc(NCC7(F)CCOCC7)c(N)c6)cc5F)CC4)C3)[C@H](c3ccccc3C(C)C)C2)cc1OC. The summed E-state index contributed by atoms with van der Waals surface area (Å²) in [6, 6.07) is 23.1. The maximum Gasteiger partial charge on any atom is 0.268 e. The standard InChI is InChI=1S/C56H65F3N8O7S/c1-35(2)40-7-5-6-8-41(40)49-33-65(32-36-9-12-50(71-3)52(23-36)72-4)19-20-67(49)37-28-55(29-37)13-17-66(18-14-55)48-27-51(74-38-24-42-45(58)31-62-53(42)61-30-38)43(26-44(48)57)54(68)64-75(69,70)39-10-11-47(46(60)25-39)63-34-56(59)15-21-73-22-16-56/h5-12,23-27,30-31,35,37,49,63H,13-22,28-29,32-34,60H2,1-4H3,(H,61,62)(H,64,68)/t49-/m0/s1. The van der Waals surface area contributed by atoms with Crippen LogP contribution in [0.5, 0.6) is 23.0 Å². The van der Waals surface area contributed by atoms with Gasteiger partial charge in [0.2, 0.25) is 0 Å². The number of amides is 1.